The summed E-state index contributed by atoms with van der Waals surface area (Å²) in [6.45, 7) is 5.80. The first kappa shape index (κ1) is 15.1. The molecule has 1 unspecified atom stereocenters. The quantitative estimate of drug-likeness (QED) is 0.484. The molecule has 0 aromatic heterocycles. The maximum Gasteiger partial charge on any atom is 0.287 e. The van der Waals surface area contributed by atoms with E-state index in [0.29, 0.717) is 6.42 Å². The fourth-order valence-electron chi connectivity index (χ4n) is 1.59. The molecule has 0 aliphatic carbocycles. The van der Waals surface area contributed by atoms with E-state index in [9.17, 15) is 9.59 Å². The summed E-state index contributed by atoms with van der Waals surface area (Å²) in [6, 6.07) is 0. The molecular weight excluding hydrogens is 208 g/mol. The summed E-state index contributed by atoms with van der Waals surface area (Å²) in [4.78, 5) is 24.4. The van der Waals surface area contributed by atoms with Crippen LogP contribution >= 0.6 is 0 Å². The molecular formula is C11H22N2O3. The van der Waals surface area contributed by atoms with E-state index in [1.165, 1.54) is 7.05 Å². The highest BCUT2D eigenvalue weighted by Crippen LogP contribution is 2.08. The maximum atomic E-state index is 11.3. The molecule has 1 atom stereocenters. The molecule has 1 amide bonds. The fraction of sp³-hybridized carbons (Fsp3) is 0.818. The van der Waals surface area contributed by atoms with Gasteiger partial charge >= 0.3 is 0 Å². The van der Waals surface area contributed by atoms with Crippen LogP contribution in [0, 0.1) is 0 Å². The van der Waals surface area contributed by atoms with Crippen molar-refractivity contribution in [2.75, 3.05) is 27.2 Å². The second-order valence-electron chi connectivity index (χ2n) is 3.45. The molecule has 94 valence electrons. The van der Waals surface area contributed by atoms with E-state index in [4.69, 9.17) is 4.74 Å². The Morgan fingerprint density at radius 1 is 1.31 bits per heavy atom. The molecule has 0 heterocycles. The van der Waals surface area contributed by atoms with Gasteiger partial charge in [-0.05, 0) is 19.5 Å². The van der Waals surface area contributed by atoms with Crippen molar-refractivity contribution in [3.8, 4) is 0 Å². The number of carbonyl (C=O) groups excluding carboxylic acids is 2. The molecule has 16 heavy (non-hydrogen) atoms. The van der Waals surface area contributed by atoms with E-state index in [1.807, 2.05) is 13.8 Å². The maximum absolute atomic E-state index is 11.3. The first-order chi connectivity index (χ1) is 7.60. The van der Waals surface area contributed by atoms with Crippen LogP contribution < -0.4 is 5.32 Å². The normalized spacial score (nSPS) is 12.6. The third-order valence-electron chi connectivity index (χ3n) is 2.59. The number of nitrogens with zero attached hydrogens (tertiary/aromatic N) is 1. The van der Waals surface area contributed by atoms with Gasteiger partial charge in [0.05, 0.1) is 0 Å². The molecule has 0 aliphatic rings. The minimum atomic E-state index is -0.533. The smallest absolute Gasteiger partial charge is 0.287 e. The van der Waals surface area contributed by atoms with Crippen LogP contribution in [-0.2, 0) is 14.3 Å². The Morgan fingerprint density at radius 3 is 2.25 bits per heavy atom. The minimum absolute atomic E-state index is 0.0939. The van der Waals surface area contributed by atoms with Crippen LogP contribution in [0.15, 0.2) is 0 Å². The van der Waals surface area contributed by atoms with Gasteiger partial charge in [-0.1, -0.05) is 13.8 Å². The first-order valence-corrected chi connectivity index (χ1v) is 5.62. The minimum Gasteiger partial charge on any atom is -0.366 e. The number of amides is 1. The zero-order valence-corrected chi connectivity index (χ0v) is 10.6. The Hall–Kier alpha value is -0.940. The lowest BCUT2D eigenvalue weighted by atomic mass is 10.2. The van der Waals surface area contributed by atoms with Gasteiger partial charge in [0, 0.05) is 20.6 Å². The molecule has 0 aromatic carbocycles. The summed E-state index contributed by atoms with van der Waals surface area (Å²) in [6.07, 6.45) is 0.669. The third-order valence-corrected chi connectivity index (χ3v) is 2.59. The predicted octanol–water partition coefficient (Wildman–Crippen LogP) is 0.396. The number of ketones is 1. The van der Waals surface area contributed by atoms with Gasteiger partial charge in [0.2, 0.25) is 5.78 Å². The predicted molar refractivity (Wildman–Crippen MR) is 62.0 cm³/mol. The van der Waals surface area contributed by atoms with Crippen molar-refractivity contribution in [3.05, 3.63) is 0 Å². The number of carbonyl (C=O) groups is 2. The number of methoxy groups -OCH3 is 1. The number of hydrogen-bond acceptors (Lipinski definition) is 4. The summed E-state index contributed by atoms with van der Waals surface area (Å²) in [5.41, 5.74) is 0. The van der Waals surface area contributed by atoms with Gasteiger partial charge in [0.15, 0.2) is 0 Å². The summed E-state index contributed by atoms with van der Waals surface area (Å²) in [5, 5.41) is 2.32. The molecule has 0 rings (SSSR count). The number of hydrogen-bond donors (Lipinski definition) is 1. The summed E-state index contributed by atoms with van der Waals surface area (Å²) >= 11 is 0. The lowest BCUT2D eigenvalue weighted by Gasteiger charge is -2.27. The zero-order valence-electron chi connectivity index (χ0n) is 10.6. The summed E-state index contributed by atoms with van der Waals surface area (Å²) in [7, 11) is 3.08. The van der Waals surface area contributed by atoms with Gasteiger partial charge in [-0.2, -0.15) is 0 Å². The molecule has 0 fully saturated rings. The Labute approximate surface area is 97.1 Å². The van der Waals surface area contributed by atoms with Gasteiger partial charge in [0.1, 0.15) is 6.23 Å². The van der Waals surface area contributed by atoms with Gasteiger partial charge in [-0.25, -0.2) is 0 Å². The van der Waals surface area contributed by atoms with Crippen LogP contribution in [0.25, 0.3) is 0 Å². The van der Waals surface area contributed by atoms with Crippen molar-refractivity contribution in [1.82, 2.24) is 10.2 Å². The molecule has 5 nitrogen and oxygen atoms in total. The average Bonchev–Trinajstić information content (AvgIpc) is 2.32. The lowest BCUT2D eigenvalue weighted by Crippen LogP contribution is -2.37. The summed E-state index contributed by atoms with van der Waals surface area (Å²) in [5.74, 6) is -0.925. The number of rotatable bonds is 8. The topological polar surface area (TPSA) is 58.6 Å². The van der Waals surface area contributed by atoms with Gasteiger partial charge in [0.25, 0.3) is 5.91 Å². The molecule has 0 spiro atoms. The van der Waals surface area contributed by atoms with Crippen LogP contribution in [0.4, 0.5) is 0 Å². The van der Waals surface area contributed by atoms with Crippen LogP contribution in [0.5, 0.6) is 0 Å². The van der Waals surface area contributed by atoms with Crippen molar-refractivity contribution in [2.45, 2.75) is 32.9 Å². The molecule has 0 saturated heterocycles. The Morgan fingerprint density at radius 2 is 1.88 bits per heavy atom. The first-order valence-electron chi connectivity index (χ1n) is 5.62. The van der Waals surface area contributed by atoms with E-state index < -0.39 is 11.7 Å². The van der Waals surface area contributed by atoms with E-state index in [2.05, 4.69) is 10.2 Å². The molecule has 0 aromatic rings. The van der Waals surface area contributed by atoms with E-state index in [0.717, 1.165) is 13.1 Å². The Kier molecular flexibility index (Phi) is 7.76. The monoisotopic (exact) mass is 230 g/mol. The van der Waals surface area contributed by atoms with Gasteiger partial charge in [-0.15, -0.1) is 0 Å². The number of likely N-dealkylation sites (N-methyl/N-ethyl adjacent to an activating group) is 1. The standard InChI is InChI=1S/C11H22N2O3/c1-5-13(6-2)10(16-4)8-7-9(14)11(15)12-3/h10H,5-8H2,1-4H3,(H,12,15). The molecule has 0 bridgehead atoms. The molecule has 0 aliphatic heterocycles. The third kappa shape index (κ3) is 4.72. The van der Waals surface area contributed by atoms with Gasteiger partial charge < -0.3 is 10.1 Å². The SMILES string of the molecule is CCN(CC)C(CCC(=O)C(=O)NC)OC. The van der Waals surface area contributed by atoms with E-state index in [-0.39, 0.29) is 12.6 Å². The lowest BCUT2D eigenvalue weighted by molar-refractivity contribution is -0.138. The van der Waals surface area contributed by atoms with E-state index in [1.54, 1.807) is 7.11 Å². The molecule has 0 radical (unpaired) electrons. The Balaban J connectivity index is 4.14. The molecule has 0 saturated carbocycles. The molecule has 1 N–H and O–H groups in total. The number of ether oxygens (including phenoxy) is 1. The zero-order chi connectivity index (χ0) is 12.6. The number of nitrogens with one attached hydrogen (secondary N) is 1. The van der Waals surface area contributed by atoms with E-state index >= 15 is 0 Å². The van der Waals surface area contributed by atoms with Crippen LogP contribution in [-0.4, -0.2) is 50.1 Å². The van der Waals surface area contributed by atoms with Crippen LogP contribution in [0.2, 0.25) is 0 Å². The Bertz CT molecular complexity index is 227. The second-order valence-corrected chi connectivity index (χ2v) is 3.45. The highest BCUT2D eigenvalue weighted by atomic mass is 16.5. The van der Waals surface area contributed by atoms with Crippen molar-refractivity contribution >= 4 is 11.7 Å². The average molecular weight is 230 g/mol. The van der Waals surface area contributed by atoms with Crippen LogP contribution in [0.1, 0.15) is 26.7 Å². The van der Waals surface area contributed by atoms with Crippen molar-refractivity contribution in [2.24, 2.45) is 0 Å². The number of Topliss-reactive ketones (excluding diaryl/α,β-unsaturated/α-hetero) is 1. The van der Waals surface area contributed by atoms with Crippen molar-refractivity contribution in [3.63, 3.8) is 0 Å². The van der Waals surface area contributed by atoms with Crippen molar-refractivity contribution in [1.29, 1.82) is 0 Å². The van der Waals surface area contributed by atoms with Crippen LogP contribution in [0.3, 0.4) is 0 Å². The van der Waals surface area contributed by atoms with Crippen molar-refractivity contribution < 1.29 is 14.3 Å². The molecule has 5 heteroatoms. The fourth-order valence-corrected chi connectivity index (χ4v) is 1.59. The largest absolute Gasteiger partial charge is 0.366 e. The highest BCUT2D eigenvalue weighted by molar-refractivity contribution is 6.36. The summed E-state index contributed by atoms with van der Waals surface area (Å²) < 4.78 is 5.30. The van der Waals surface area contributed by atoms with Gasteiger partial charge in [-0.3, -0.25) is 14.5 Å². The second kappa shape index (κ2) is 8.24. The highest BCUT2D eigenvalue weighted by Gasteiger charge is 2.18.